The monoisotopic (exact) mass is 243 g/mol. The van der Waals surface area contributed by atoms with E-state index >= 15 is 0 Å². The first-order chi connectivity index (χ1) is 7.77. The fourth-order valence-electron chi connectivity index (χ4n) is 2.14. The van der Waals surface area contributed by atoms with Crippen molar-refractivity contribution >= 4 is 17.4 Å². The summed E-state index contributed by atoms with van der Waals surface area (Å²) in [7, 11) is 0. The van der Waals surface area contributed by atoms with E-state index in [9.17, 15) is 4.39 Å². The molecule has 3 rings (SSSR count). The van der Waals surface area contributed by atoms with Crippen molar-refractivity contribution in [3.63, 3.8) is 0 Å². The summed E-state index contributed by atoms with van der Waals surface area (Å²) in [4.78, 5) is 6.24. The zero-order valence-electron chi connectivity index (χ0n) is 8.54. The quantitative estimate of drug-likeness (QED) is 0.739. The maximum atomic E-state index is 13.7. The molecule has 0 amide bonds. The average Bonchev–Trinajstić information content (AvgIpc) is 2.33. The van der Waals surface area contributed by atoms with Gasteiger partial charge in [0, 0.05) is 19.6 Å². The number of piperazine rings is 1. The molecule has 1 fully saturated rings. The van der Waals surface area contributed by atoms with Gasteiger partial charge in [-0.1, -0.05) is 11.6 Å². The lowest BCUT2D eigenvalue weighted by Gasteiger charge is -2.40. The number of hydrogen-bond acceptors (Lipinski definition) is 4. The molecule has 0 unspecified atom stereocenters. The Labute approximate surface area is 97.4 Å². The average molecular weight is 244 g/mol. The molecule has 6 heteroatoms. The molecule has 3 heterocycles. The minimum atomic E-state index is -0.511. The van der Waals surface area contributed by atoms with Crippen LogP contribution in [-0.4, -0.2) is 37.3 Å². The van der Waals surface area contributed by atoms with Crippen molar-refractivity contribution in [1.29, 1.82) is 0 Å². The summed E-state index contributed by atoms with van der Waals surface area (Å²) in [6.07, 6.45) is 1.34. The molecule has 0 saturated carbocycles. The van der Waals surface area contributed by atoms with Gasteiger partial charge < -0.3 is 15.0 Å². The van der Waals surface area contributed by atoms with E-state index in [2.05, 4.69) is 15.2 Å². The summed E-state index contributed by atoms with van der Waals surface area (Å²) < 4.78 is 19.1. The molecule has 0 bridgehead atoms. The summed E-state index contributed by atoms with van der Waals surface area (Å²) >= 11 is 5.67. The number of aromatic nitrogens is 1. The van der Waals surface area contributed by atoms with Gasteiger partial charge in [-0.15, -0.1) is 0 Å². The van der Waals surface area contributed by atoms with Crippen molar-refractivity contribution < 1.29 is 9.13 Å². The number of nitrogens with zero attached hydrogens (tertiary/aromatic N) is 2. The Hall–Kier alpha value is -1.07. The molecule has 0 aromatic carbocycles. The molecule has 2 aliphatic heterocycles. The van der Waals surface area contributed by atoms with Crippen LogP contribution in [0.15, 0.2) is 6.20 Å². The third-order valence-corrected chi connectivity index (χ3v) is 3.22. The molecule has 2 aliphatic rings. The van der Waals surface area contributed by atoms with Gasteiger partial charge in [0.05, 0.1) is 17.3 Å². The van der Waals surface area contributed by atoms with Crippen molar-refractivity contribution in [2.24, 2.45) is 0 Å². The lowest BCUT2D eigenvalue weighted by atomic mass is 10.1. The van der Waals surface area contributed by atoms with E-state index in [0.717, 1.165) is 19.6 Å². The fraction of sp³-hybridized carbons (Fsp3) is 0.500. The Balaban J connectivity index is 2.05. The van der Waals surface area contributed by atoms with Crippen LogP contribution in [-0.2, 0) is 0 Å². The van der Waals surface area contributed by atoms with E-state index < -0.39 is 5.82 Å². The summed E-state index contributed by atoms with van der Waals surface area (Å²) in [5.74, 6) is 0.244. The minimum Gasteiger partial charge on any atom is -0.485 e. The first-order valence-electron chi connectivity index (χ1n) is 5.21. The third-order valence-electron chi connectivity index (χ3n) is 2.95. The fourth-order valence-corrected chi connectivity index (χ4v) is 2.28. The number of fused-ring (bicyclic) bond motifs is 3. The van der Waals surface area contributed by atoms with Crippen LogP contribution in [0.1, 0.15) is 0 Å². The Kier molecular flexibility index (Phi) is 2.37. The molecule has 86 valence electrons. The number of halogens is 2. The van der Waals surface area contributed by atoms with Crippen LogP contribution >= 0.6 is 11.6 Å². The highest BCUT2D eigenvalue weighted by molar-refractivity contribution is 6.30. The zero-order chi connectivity index (χ0) is 11.1. The van der Waals surface area contributed by atoms with Gasteiger partial charge in [0.2, 0.25) is 0 Å². The van der Waals surface area contributed by atoms with Gasteiger partial charge >= 0.3 is 0 Å². The number of hydrogen-bond donors (Lipinski definition) is 1. The number of nitrogens with one attached hydrogen (secondary N) is 1. The largest absolute Gasteiger partial charge is 0.485 e. The summed E-state index contributed by atoms with van der Waals surface area (Å²) in [6, 6.07) is 0.231. The first kappa shape index (κ1) is 10.1. The molecule has 16 heavy (non-hydrogen) atoms. The predicted octanol–water partition coefficient (Wildman–Crippen LogP) is 1.04. The second-order valence-electron chi connectivity index (χ2n) is 3.94. The highest BCUT2D eigenvalue weighted by Gasteiger charge is 2.33. The summed E-state index contributed by atoms with van der Waals surface area (Å²) in [5.41, 5.74) is 0. The van der Waals surface area contributed by atoms with E-state index in [1.165, 1.54) is 6.20 Å². The zero-order valence-corrected chi connectivity index (χ0v) is 9.30. The second-order valence-corrected chi connectivity index (χ2v) is 4.34. The van der Waals surface area contributed by atoms with Crippen LogP contribution in [0.2, 0.25) is 5.02 Å². The molecular weight excluding hydrogens is 233 g/mol. The van der Waals surface area contributed by atoms with Gasteiger partial charge in [-0.3, -0.25) is 0 Å². The van der Waals surface area contributed by atoms with Crippen LogP contribution in [0.25, 0.3) is 0 Å². The molecule has 1 aromatic heterocycles. The van der Waals surface area contributed by atoms with E-state index in [4.69, 9.17) is 16.3 Å². The van der Waals surface area contributed by atoms with E-state index in [1.54, 1.807) is 0 Å². The first-order valence-corrected chi connectivity index (χ1v) is 5.59. The molecule has 0 spiro atoms. The summed E-state index contributed by atoms with van der Waals surface area (Å²) in [6.45, 7) is 3.00. The van der Waals surface area contributed by atoms with Crippen LogP contribution in [0.5, 0.6) is 5.75 Å². The minimum absolute atomic E-state index is 0.00679. The number of ether oxygens (including phenoxy) is 1. The number of pyridine rings is 1. The molecule has 4 nitrogen and oxygen atoms in total. The Morgan fingerprint density at radius 3 is 3.38 bits per heavy atom. The van der Waals surface area contributed by atoms with Crippen LogP contribution < -0.4 is 15.0 Å². The van der Waals surface area contributed by atoms with Crippen LogP contribution in [0.3, 0.4) is 0 Å². The van der Waals surface area contributed by atoms with Gasteiger partial charge in [-0.05, 0) is 0 Å². The molecule has 0 aliphatic carbocycles. The van der Waals surface area contributed by atoms with Crippen molar-refractivity contribution in [2.75, 3.05) is 31.1 Å². The van der Waals surface area contributed by atoms with Gasteiger partial charge in [0.1, 0.15) is 6.61 Å². The lowest BCUT2D eigenvalue weighted by molar-refractivity contribution is 0.234. The molecule has 1 aromatic rings. The number of anilines is 1. The molecule has 0 radical (unpaired) electrons. The highest BCUT2D eigenvalue weighted by Crippen LogP contribution is 2.37. The van der Waals surface area contributed by atoms with Gasteiger partial charge in [-0.25, -0.2) is 9.37 Å². The number of rotatable bonds is 0. The van der Waals surface area contributed by atoms with E-state index in [1.807, 2.05) is 0 Å². The van der Waals surface area contributed by atoms with E-state index in [-0.39, 0.29) is 16.8 Å². The normalized spacial score (nSPS) is 23.4. The standard InChI is InChI=1S/C10H11ClFN3O/c11-7-4-14-10-9(8(7)12)16-5-6-3-13-1-2-15(6)10/h4,6,13H,1-3,5H2/t6-/m0/s1. The Morgan fingerprint density at radius 1 is 1.62 bits per heavy atom. The Morgan fingerprint density at radius 2 is 2.50 bits per heavy atom. The van der Waals surface area contributed by atoms with Crippen LogP contribution in [0, 0.1) is 5.82 Å². The van der Waals surface area contributed by atoms with Crippen molar-refractivity contribution in [1.82, 2.24) is 10.3 Å². The van der Waals surface area contributed by atoms with Crippen molar-refractivity contribution in [3.8, 4) is 5.75 Å². The summed E-state index contributed by atoms with van der Waals surface area (Å²) in [5, 5.41) is 3.28. The molecule has 1 atom stereocenters. The van der Waals surface area contributed by atoms with Gasteiger partial charge in [-0.2, -0.15) is 0 Å². The smallest absolute Gasteiger partial charge is 0.199 e. The van der Waals surface area contributed by atoms with Gasteiger partial charge in [0.15, 0.2) is 17.4 Å². The topological polar surface area (TPSA) is 37.4 Å². The third kappa shape index (κ3) is 1.43. The maximum Gasteiger partial charge on any atom is 0.199 e. The second kappa shape index (κ2) is 3.75. The molecule has 1 N–H and O–H groups in total. The SMILES string of the molecule is Fc1c(Cl)cnc2c1OC[C@@H]1CNCCN21. The van der Waals surface area contributed by atoms with Crippen molar-refractivity contribution in [2.45, 2.75) is 6.04 Å². The maximum absolute atomic E-state index is 13.7. The highest BCUT2D eigenvalue weighted by atomic mass is 35.5. The Bertz CT molecular complexity index is 429. The van der Waals surface area contributed by atoms with Gasteiger partial charge in [0.25, 0.3) is 0 Å². The van der Waals surface area contributed by atoms with Crippen molar-refractivity contribution in [3.05, 3.63) is 17.0 Å². The van der Waals surface area contributed by atoms with E-state index in [0.29, 0.717) is 12.4 Å². The van der Waals surface area contributed by atoms with Crippen LogP contribution in [0.4, 0.5) is 10.2 Å². The molecule has 1 saturated heterocycles. The predicted molar refractivity (Wildman–Crippen MR) is 58.7 cm³/mol. The lowest BCUT2D eigenvalue weighted by Crippen LogP contribution is -2.56. The molecular formula is C10H11ClFN3O.